The normalized spacial score (nSPS) is 8.20. The first-order chi connectivity index (χ1) is 4.66. The predicted molar refractivity (Wildman–Crippen MR) is 35.0 cm³/mol. The van der Waals surface area contributed by atoms with Crippen LogP contribution in [0, 0.1) is 0 Å². The second-order valence-corrected chi connectivity index (χ2v) is 1.59. The Balaban J connectivity index is 3.30. The largest absolute Gasteiger partial charge is 0.355 e. The van der Waals surface area contributed by atoms with Crippen molar-refractivity contribution in [2.45, 2.75) is 13.8 Å². The zero-order valence-corrected chi connectivity index (χ0v) is 5.97. The topological polar surface area (TPSA) is 72.3 Å². The molecular weight excluding hydrogens is 134 g/mol. The molecule has 0 aliphatic heterocycles. The van der Waals surface area contributed by atoms with E-state index in [-0.39, 0.29) is 5.91 Å². The Morgan fingerprint density at radius 3 is 2.40 bits per heavy atom. The lowest BCUT2D eigenvalue weighted by Gasteiger charge is -2.01. The van der Waals surface area contributed by atoms with Crippen LogP contribution in [0.3, 0.4) is 0 Å². The van der Waals surface area contributed by atoms with Gasteiger partial charge in [-0.3, -0.25) is 10.2 Å². The molecule has 0 unspecified atom stereocenters. The van der Waals surface area contributed by atoms with Crippen LogP contribution in [0.5, 0.6) is 0 Å². The van der Waals surface area contributed by atoms with Crippen LogP contribution in [0.1, 0.15) is 13.8 Å². The van der Waals surface area contributed by atoms with Crippen LogP contribution in [0.25, 0.3) is 0 Å². The summed E-state index contributed by atoms with van der Waals surface area (Å²) in [6, 6.07) is -0.530. The number of carbonyl (C=O) groups excluding carboxylic acids is 2. The van der Waals surface area contributed by atoms with Gasteiger partial charge in [-0.2, -0.15) is 0 Å². The Kier molecular flexibility index (Phi) is 4.02. The second kappa shape index (κ2) is 4.60. The molecule has 0 spiro atoms. The van der Waals surface area contributed by atoms with Crippen LogP contribution >= 0.6 is 0 Å². The fraction of sp³-hybridized carbons (Fsp3) is 0.600. The predicted octanol–water partition coefficient (Wildman–Crippen LogP) is -0.629. The van der Waals surface area contributed by atoms with E-state index in [4.69, 9.17) is 0 Å². The number of hydrogen-bond acceptors (Lipinski definition) is 2. The fourth-order valence-corrected chi connectivity index (χ4v) is 0.325. The van der Waals surface area contributed by atoms with Crippen LogP contribution in [0.15, 0.2) is 0 Å². The van der Waals surface area contributed by atoms with Gasteiger partial charge in [0.05, 0.1) is 0 Å². The number of nitrogens with one attached hydrogen (secondary N) is 2. The molecule has 5 nitrogen and oxygen atoms in total. The first-order valence-electron chi connectivity index (χ1n) is 2.91. The minimum absolute atomic E-state index is 0.320. The minimum atomic E-state index is -0.530. The molecule has 0 saturated heterocycles. The van der Waals surface area contributed by atoms with Gasteiger partial charge in [0.1, 0.15) is 0 Å². The molecule has 0 rings (SSSR count). The van der Waals surface area contributed by atoms with Crippen molar-refractivity contribution in [1.82, 2.24) is 16.2 Å². The molecule has 57 valence electrons. The van der Waals surface area contributed by atoms with Crippen molar-refractivity contribution in [2.24, 2.45) is 0 Å². The molecule has 0 aromatic carbocycles. The monoisotopic (exact) mass is 144 g/mol. The van der Waals surface area contributed by atoms with Crippen molar-refractivity contribution in [3.63, 3.8) is 0 Å². The second-order valence-electron chi connectivity index (χ2n) is 1.59. The molecule has 1 radical (unpaired) electrons. The minimum Gasteiger partial charge on any atom is -0.274 e. The number of urea groups is 1. The van der Waals surface area contributed by atoms with E-state index in [1.807, 2.05) is 0 Å². The quantitative estimate of drug-likeness (QED) is 0.481. The summed E-state index contributed by atoms with van der Waals surface area (Å²) in [5.41, 5.74) is 4.18. The molecule has 0 aromatic heterocycles. The van der Waals surface area contributed by atoms with Gasteiger partial charge in [-0.05, 0) is 6.92 Å². The van der Waals surface area contributed by atoms with Gasteiger partial charge < -0.3 is 0 Å². The molecular formula is C5H10N3O2. The van der Waals surface area contributed by atoms with Gasteiger partial charge in [-0.25, -0.2) is 15.5 Å². The zero-order valence-electron chi connectivity index (χ0n) is 5.97. The van der Waals surface area contributed by atoms with E-state index in [2.05, 4.69) is 16.2 Å². The standard InChI is InChI=1S/C5H10N3O2/c1-3-6-5(10)8-7-4(2)9/h3H2,1-2H3,(H,7,9)(H,8,10). The molecule has 0 atom stereocenters. The average molecular weight is 144 g/mol. The van der Waals surface area contributed by atoms with Crippen molar-refractivity contribution >= 4 is 11.9 Å². The summed E-state index contributed by atoms with van der Waals surface area (Å²) in [5, 5.41) is 3.43. The molecule has 0 saturated carbocycles. The number of carbonyl (C=O) groups is 2. The summed E-state index contributed by atoms with van der Waals surface area (Å²) in [6.07, 6.45) is 0. The number of amides is 3. The van der Waals surface area contributed by atoms with E-state index in [1.54, 1.807) is 6.92 Å². The van der Waals surface area contributed by atoms with Gasteiger partial charge in [0, 0.05) is 13.5 Å². The summed E-state index contributed by atoms with van der Waals surface area (Å²) in [4.78, 5) is 20.6. The maximum absolute atomic E-state index is 10.5. The van der Waals surface area contributed by atoms with Crippen molar-refractivity contribution < 1.29 is 9.59 Å². The lowest BCUT2D eigenvalue weighted by Crippen LogP contribution is -2.43. The van der Waals surface area contributed by atoms with Crippen LogP contribution in [0.4, 0.5) is 4.79 Å². The molecule has 0 aliphatic carbocycles. The number of hydrogen-bond donors (Lipinski definition) is 2. The van der Waals surface area contributed by atoms with Crippen molar-refractivity contribution in [2.75, 3.05) is 6.54 Å². The van der Waals surface area contributed by atoms with Crippen molar-refractivity contribution in [3.8, 4) is 0 Å². The summed E-state index contributed by atoms with van der Waals surface area (Å²) in [5.74, 6) is -0.320. The lowest BCUT2D eigenvalue weighted by atomic mass is 10.7. The van der Waals surface area contributed by atoms with E-state index < -0.39 is 6.03 Å². The molecule has 0 aromatic rings. The highest BCUT2D eigenvalue weighted by Crippen LogP contribution is 1.63. The molecule has 2 N–H and O–H groups in total. The molecule has 0 fully saturated rings. The van der Waals surface area contributed by atoms with E-state index >= 15 is 0 Å². The smallest absolute Gasteiger partial charge is 0.274 e. The van der Waals surface area contributed by atoms with Crippen LogP contribution in [0.2, 0.25) is 0 Å². The number of hydrazine groups is 1. The lowest BCUT2D eigenvalue weighted by molar-refractivity contribution is -0.119. The van der Waals surface area contributed by atoms with Gasteiger partial charge in [-0.15, -0.1) is 0 Å². The van der Waals surface area contributed by atoms with Crippen molar-refractivity contribution in [1.29, 1.82) is 0 Å². The van der Waals surface area contributed by atoms with E-state index in [0.717, 1.165) is 0 Å². The maximum Gasteiger partial charge on any atom is 0.355 e. The highest BCUT2D eigenvalue weighted by molar-refractivity contribution is 5.79. The summed E-state index contributed by atoms with van der Waals surface area (Å²) in [7, 11) is 0. The average Bonchev–Trinajstić information content (AvgIpc) is 1.85. The Morgan fingerprint density at radius 1 is 1.40 bits per heavy atom. The summed E-state index contributed by atoms with van der Waals surface area (Å²) < 4.78 is 0. The van der Waals surface area contributed by atoms with Gasteiger partial charge in [0.15, 0.2) is 0 Å². The zero-order chi connectivity index (χ0) is 7.98. The fourth-order valence-electron chi connectivity index (χ4n) is 0.325. The molecule has 0 bridgehead atoms. The van der Waals surface area contributed by atoms with Crippen LogP contribution < -0.4 is 16.2 Å². The van der Waals surface area contributed by atoms with Gasteiger partial charge in [0.2, 0.25) is 5.91 Å². The van der Waals surface area contributed by atoms with Crippen molar-refractivity contribution in [3.05, 3.63) is 0 Å². The number of nitrogens with zero attached hydrogens (tertiary/aromatic N) is 1. The van der Waals surface area contributed by atoms with Gasteiger partial charge >= 0.3 is 6.03 Å². The van der Waals surface area contributed by atoms with E-state index in [1.165, 1.54) is 6.92 Å². The Labute approximate surface area is 59.1 Å². The Bertz CT molecular complexity index is 135. The molecule has 3 amide bonds. The third-order valence-corrected chi connectivity index (χ3v) is 0.647. The van der Waals surface area contributed by atoms with E-state index in [0.29, 0.717) is 6.54 Å². The highest BCUT2D eigenvalue weighted by Gasteiger charge is 1.97. The van der Waals surface area contributed by atoms with E-state index in [9.17, 15) is 9.59 Å². The summed E-state index contributed by atoms with van der Waals surface area (Å²) in [6.45, 7) is 3.44. The maximum atomic E-state index is 10.5. The first-order valence-corrected chi connectivity index (χ1v) is 2.91. The molecule has 5 heteroatoms. The first kappa shape index (κ1) is 8.74. The van der Waals surface area contributed by atoms with Crippen LogP contribution in [-0.4, -0.2) is 18.5 Å². The highest BCUT2D eigenvalue weighted by atomic mass is 16.2. The third-order valence-electron chi connectivity index (χ3n) is 0.647. The SMILES string of the molecule is CC[N]C(=O)NNC(C)=O. The Hall–Kier alpha value is -1.26. The molecule has 10 heavy (non-hydrogen) atoms. The van der Waals surface area contributed by atoms with Gasteiger partial charge in [0.25, 0.3) is 0 Å². The summed E-state index contributed by atoms with van der Waals surface area (Å²) >= 11 is 0. The molecule has 0 aliphatic rings. The number of rotatable bonds is 1. The van der Waals surface area contributed by atoms with Crippen LogP contribution in [-0.2, 0) is 4.79 Å². The van der Waals surface area contributed by atoms with Gasteiger partial charge in [-0.1, -0.05) is 0 Å². The third kappa shape index (κ3) is 4.89. The molecule has 0 heterocycles. The Morgan fingerprint density at radius 2 is 2.00 bits per heavy atom.